The lowest BCUT2D eigenvalue weighted by molar-refractivity contribution is -0.0174. The zero-order valence-electron chi connectivity index (χ0n) is 32.0. The van der Waals surface area contributed by atoms with E-state index in [1.807, 2.05) is 0 Å². The predicted molar refractivity (Wildman–Crippen MR) is 209 cm³/mol. The molecule has 4 N–H and O–H groups in total. The van der Waals surface area contributed by atoms with Crippen LogP contribution in [0.5, 0.6) is 0 Å². The van der Waals surface area contributed by atoms with Crippen LogP contribution in [0.15, 0.2) is 27.6 Å². The second kappa shape index (κ2) is 42.5. The van der Waals surface area contributed by atoms with Crippen molar-refractivity contribution < 1.29 is 56.8 Å². The van der Waals surface area contributed by atoms with E-state index in [0.29, 0.717) is 171 Å². The van der Waals surface area contributed by atoms with E-state index in [4.69, 9.17) is 68.4 Å². The van der Waals surface area contributed by atoms with Gasteiger partial charge in [0.25, 0.3) is 0 Å². The lowest BCUT2D eigenvalue weighted by Gasteiger charge is -2.08. The molecule has 0 aliphatic carbocycles. The van der Waals surface area contributed by atoms with E-state index in [1.54, 1.807) is 42.1 Å². The van der Waals surface area contributed by atoms with Gasteiger partial charge in [-0.3, -0.25) is 4.99 Å². The van der Waals surface area contributed by atoms with Crippen molar-refractivity contribution in [1.82, 2.24) is 9.97 Å². The van der Waals surface area contributed by atoms with E-state index in [-0.39, 0.29) is 6.61 Å². The Hall–Kier alpha value is -1.60. The summed E-state index contributed by atoms with van der Waals surface area (Å²) in [6.45, 7) is 12.4. The molecule has 0 aliphatic rings. The Labute approximate surface area is 329 Å². The number of thioether (sulfide) groups is 2. The van der Waals surface area contributed by atoms with E-state index in [2.05, 4.69) is 26.3 Å². The van der Waals surface area contributed by atoms with Crippen LogP contribution in [-0.4, -0.2) is 198 Å². The maximum atomic E-state index is 5.60. The maximum Gasteiger partial charge on any atom is 0.188 e. The van der Waals surface area contributed by atoms with Crippen LogP contribution in [0.1, 0.15) is 5.56 Å². The molecule has 0 fully saturated rings. The van der Waals surface area contributed by atoms with Crippen molar-refractivity contribution in [2.75, 3.05) is 176 Å². The second-order valence-electron chi connectivity index (χ2n) is 10.6. The number of hydrogen-bond donors (Lipinski definition) is 2. The predicted octanol–water partition coefficient (Wildman–Crippen LogP) is 0.933. The van der Waals surface area contributed by atoms with Gasteiger partial charge >= 0.3 is 0 Å². The molecule has 18 nitrogen and oxygen atoms in total. The minimum absolute atomic E-state index is 0.237. The molecule has 0 bridgehead atoms. The Morgan fingerprint density at radius 3 is 1.37 bits per heavy atom. The minimum Gasteiger partial charge on any atom is -0.378 e. The molecule has 0 aromatic carbocycles. The van der Waals surface area contributed by atoms with Crippen molar-refractivity contribution in [1.29, 1.82) is 0 Å². The molecule has 1 aromatic heterocycles. The highest BCUT2D eigenvalue weighted by atomic mass is 32.2. The monoisotopic (exact) mass is 812 g/mol. The summed E-state index contributed by atoms with van der Waals surface area (Å²) >= 11 is 3.37. The first-order valence-electron chi connectivity index (χ1n) is 18.1. The first-order chi connectivity index (χ1) is 26.8. The van der Waals surface area contributed by atoms with Crippen molar-refractivity contribution in [2.24, 2.45) is 21.7 Å². The fraction of sp³-hybridized carbons (Fsp3) is 0.824. The lowest BCUT2D eigenvalue weighted by Crippen LogP contribution is -2.17. The summed E-state index contributed by atoms with van der Waals surface area (Å²) in [7, 11) is 0. The SMILES string of the molecule is CSCSc1ncc(COCCOCCOCCOCCOCCOCCN=CC(COCCOCCOCCOCCOCCOCCN)=NN)cn1. The van der Waals surface area contributed by atoms with E-state index in [9.17, 15) is 0 Å². The first-order valence-corrected chi connectivity index (χ1v) is 20.5. The Morgan fingerprint density at radius 2 is 0.963 bits per heavy atom. The highest BCUT2D eigenvalue weighted by molar-refractivity contribution is 8.15. The van der Waals surface area contributed by atoms with Gasteiger partial charge < -0.3 is 68.4 Å². The molecule has 1 rings (SSSR count). The molecule has 0 aliphatic heterocycles. The van der Waals surface area contributed by atoms with Crippen molar-refractivity contribution in [3.63, 3.8) is 0 Å². The lowest BCUT2D eigenvalue weighted by atomic mass is 10.4. The summed E-state index contributed by atoms with van der Waals surface area (Å²) in [5, 5.41) is 5.41. The topological polar surface area (TPSA) is 213 Å². The molecule has 0 spiro atoms. The molecule has 1 heterocycles. The number of aliphatic imine (C=N–C) groups is 1. The van der Waals surface area contributed by atoms with Gasteiger partial charge in [-0.15, -0.1) is 0 Å². The van der Waals surface area contributed by atoms with Gasteiger partial charge in [0, 0.05) is 35.8 Å². The van der Waals surface area contributed by atoms with Crippen LogP contribution >= 0.6 is 23.5 Å². The summed E-state index contributed by atoms with van der Waals surface area (Å²) < 4.78 is 65.7. The van der Waals surface area contributed by atoms with Gasteiger partial charge in [0.15, 0.2) is 5.16 Å². The zero-order chi connectivity index (χ0) is 38.7. The quantitative estimate of drug-likeness (QED) is 0.0179. The zero-order valence-corrected chi connectivity index (χ0v) is 33.6. The second-order valence-corrected chi connectivity index (χ2v) is 12.8. The third kappa shape index (κ3) is 36.1. The van der Waals surface area contributed by atoms with Gasteiger partial charge in [0.1, 0.15) is 5.71 Å². The van der Waals surface area contributed by atoms with E-state index in [1.165, 1.54) is 0 Å². The molecule has 54 heavy (non-hydrogen) atoms. The van der Waals surface area contributed by atoms with Crippen molar-refractivity contribution in [2.45, 2.75) is 11.8 Å². The summed E-state index contributed by atoms with van der Waals surface area (Å²) in [5.41, 5.74) is 6.80. The fourth-order valence-electron chi connectivity index (χ4n) is 3.65. The van der Waals surface area contributed by atoms with Crippen molar-refractivity contribution >= 4 is 35.5 Å². The Balaban J connectivity index is 1.75. The Kier molecular flexibility index (Phi) is 39.7. The van der Waals surface area contributed by atoms with Gasteiger partial charge in [-0.25, -0.2) is 9.97 Å². The molecular formula is C34H64N6O12S2. The molecule has 0 atom stereocenters. The van der Waals surface area contributed by atoms with Gasteiger partial charge in [-0.05, 0) is 6.26 Å². The van der Waals surface area contributed by atoms with Crippen LogP contribution < -0.4 is 11.6 Å². The first kappa shape index (κ1) is 50.4. The third-order valence-electron chi connectivity index (χ3n) is 6.26. The summed E-state index contributed by atoms with van der Waals surface area (Å²) in [6, 6.07) is 0. The fourth-order valence-corrected chi connectivity index (χ4v) is 4.80. The number of aromatic nitrogens is 2. The van der Waals surface area contributed by atoms with Crippen LogP contribution in [0.3, 0.4) is 0 Å². The normalized spacial score (nSPS) is 12.1. The maximum absolute atomic E-state index is 5.60. The van der Waals surface area contributed by atoms with Crippen LogP contribution in [0, 0.1) is 0 Å². The van der Waals surface area contributed by atoms with Crippen molar-refractivity contribution in [3.8, 4) is 0 Å². The van der Waals surface area contributed by atoms with Crippen LogP contribution in [-0.2, 0) is 63.4 Å². The molecule has 20 heteroatoms. The summed E-state index contributed by atoms with van der Waals surface area (Å²) in [4.78, 5) is 12.9. The van der Waals surface area contributed by atoms with E-state index >= 15 is 0 Å². The van der Waals surface area contributed by atoms with Gasteiger partial charge in [-0.1, -0.05) is 11.8 Å². The largest absolute Gasteiger partial charge is 0.378 e. The van der Waals surface area contributed by atoms with Gasteiger partial charge in [0.2, 0.25) is 0 Å². The number of hydrazone groups is 1. The van der Waals surface area contributed by atoms with Crippen LogP contribution in [0.2, 0.25) is 0 Å². The smallest absolute Gasteiger partial charge is 0.188 e. The molecule has 314 valence electrons. The Morgan fingerprint density at radius 1 is 0.574 bits per heavy atom. The van der Waals surface area contributed by atoms with E-state index < -0.39 is 0 Å². The highest BCUT2D eigenvalue weighted by Crippen LogP contribution is 2.16. The molecule has 0 saturated carbocycles. The number of rotatable bonds is 43. The number of nitrogens with zero attached hydrogens (tertiary/aromatic N) is 4. The number of nitrogens with two attached hydrogens (primary N) is 2. The summed E-state index contributed by atoms with van der Waals surface area (Å²) in [6.07, 6.45) is 7.22. The Bertz CT molecular complexity index is 980. The van der Waals surface area contributed by atoms with Gasteiger partial charge in [0.05, 0.1) is 165 Å². The van der Waals surface area contributed by atoms with E-state index in [0.717, 1.165) is 15.8 Å². The summed E-state index contributed by atoms with van der Waals surface area (Å²) in [5.74, 6) is 5.43. The number of ether oxygens (including phenoxy) is 12. The van der Waals surface area contributed by atoms with Crippen molar-refractivity contribution in [3.05, 3.63) is 18.0 Å². The van der Waals surface area contributed by atoms with Gasteiger partial charge in [-0.2, -0.15) is 16.9 Å². The molecule has 0 unspecified atom stereocenters. The molecule has 0 amide bonds. The highest BCUT2D eigenvalue weighted by Gasteiger charge is 2.01. The average molecular weight is 813 g/mol. The third-order valence-corrected chi connectivity index (χ3v) is 8.14. The van der Waals surface area contributed by atoms with Crippen LogP contribution in [0.25, 0.3) is 0 Å². The molecule has 1 aromatic rings. The molecular weight excluding hydrogens is 749 g/mol. The number of hydrogen-bond acceptors (Lipinski definition) is 20. The standard InChI is InChI=1S/C34H64N6O12S2/c1-53-31-54-34-38-26-32(27-39-34)29-51-24-22-49-20-18-47-16-15-46-13-11-44-9-7-42-5-3-37-28-33(40-36)30-52-25-23-50-21-19-48-17-14-45-12-10-43-8-6-41-4-2-35/h26-28H,2-25,29-31,35-36H2,1H3. The minimum atomic E-state index is 0.237. The molecule has 0 radical (unpaired) electrons. The average Bonchev–Trinajstić information content (AvgIpc) is 3.19. The van der Waals surface area contributed by atoms with Crippen LogP contribution in [0.4, 0.5) is 0 Å². The molecule has 0 saturated heterocycles.